The number of halogens is 1. The van der Waals surface area contributed by atoms with Gasteiger partial charge in [-0.25, -0.2) is 15.0 Å². The topological polar surface area (TPSA) is 103 Å². The first-order valence-electron chi connectivity index (χ1n) is 9.17. The molecule has 2 aromatic heterocycles. The lowest BCUT2D eigenvalue weighted by Crippen LogP contribution is -2.08. The number of Topliss-reactive ketones (excluding diaryl/α,β-unsaturated/α-hetero) is 1. The number of rotatable bonds is 8. The molecule has 1 aromatic carbocycles. The van der Waals surface area contributed by atoms with Crippen molar-refractivity contribution in [2.24, 2.45) is 0 Å². The van der Waals surface area contributed by atoms with Crippen LogP contribution in [0, 0.1) is 11.8 Å². The van der Waals surface area contributed by atoms with Gasteiger partial charge < -0.3 is 15.8 Å². The van der Waals surface area contributed by atoms with Gasteiger partial charge in [0.2, 0.25) is 5.88 Å². The van der Waals surface area contributed by atoms with Crippen molar-refractivity contribution in [2.45, 2.75) is 13.0 Å². The van der Waals surface area contributed by atoms with E-state index in [2.05, 4.69) is 32.1 Å². The van der Waals surface area contributed by atoms with E-state index in [0.29, 0.717) is 18.2 Å². The molecule has 0 aliphatic heterocycles. The minimum atomic E-state index is -0.127. The predicted octanol–water partition coefficient (Wildman–Crippen LogP) is 3.11. The number of carbonyl (C=O) groups excluding carboxylic acids is 1. The molecule has 0 radical (unpaired) electrons. The Bertz CT molecular complexity index is 1060. The molecule has 0 aliphatic carbocycles. The summed E-state index contributed by atoms with van der Waals surface area (Å²) in [5.41, 5.74) is 8.80. The summed E-state index contributed by atoms with van der Waals surface area (Å²) in [6.07, 6.45) is 4.68. The zero-order valence-corrected chi connectivity index (χ0v) is 16.9. The highest BCUT2D eigenvalue weighted by Crippen LogP contribution is 2.16. The van der Waals surface area contributed by atoms with Gasteiger partial charge in [-0.15, -0.1) is 11.6 Å². The molecule has 0 saturated heterocycles. The first kappa shape index (κ1) is 21.1. The Kier molecular flexibility index (Phi) is 7.58. The Hall–Kier alpha value is -3.63. The summed E-state index contributed by atoms with van der Waals surface area (Å²) in [6.45, 7) is 0.733. The molecule has 0 aliphatic rings. The highest BCUT2D eigenvalue weighted by molar-refractivity contribution is 6.19. The zero-order chi connectivity index (χ0) is 21.2. The summed E-state index contributed by atoms with van der Waals surface area (Å²) in [4.78, 5) is 24.8. The number of nitrogen functional groups attached to an aromatic ring is 1. The minimum absolute atomic E-state index is 0.127. The molecule has 8 heteroatoms. The number of ketones is 1. The maximum absolute atomic E-state index is 12.5. The van der Waals surface area contributed by atoms with Crippen molar-refractivity contribution in [3.8, 4) is 17.7 Å². The van der Waals surface area contributed by atoms with Crippen LogP contribution in [0.1, 0.15) is 21.6 Å². The summed E-state index contributed by atoms with van der Waals surface area (Å²) in [6, 6.07) is 11.5. The number of nitrogens with one attached hydrogen (secondary N) is 1. The van der Waals surface area contributed by atoms with E-state index in [-0.39, 0.29) is 30.4 Å². The molecule has 0 bridgehead atoms. The normalized spacial score (nSPS) is 10.0. The number of carbonyl (C=O) groups is 1. The van der Waals surface area contributed by atoms with Crippen molar-refractivity contribution < 1.29 is 9.53 Å². The number of anilines is 2. The number of benzene rings is 1. The smallest absolute Gasteiger partial charge is 0.233 e. The van der Waals surface area contributed by atoms with Gasteiger partial charge in [-0.05, 0) is 23.3 Å². The molecule has 0 fully saturated rings. The van der Waals surface area contributed by atoms with Gasteiger partial charge in [-0.3, -0.25) is 4.79 Å². The number of hydrogen-bond acceptors (Lipinski definition) is 7. The van der Waals surface area contributed by atoms with Crippen LogP contribution in [0.3, 0.4) is 0 Å². The summed E-state index contributed by atoms with van der Waals surface area (Å²) in [7, 11) is 0. The Morgan fingerprint density at radius 3 is 2.73 bits per heavy atom. The number of pyridine rings is 1. The maximum atomic E-state index is 12.5. The van der Waals surface area contributed by atoms with Crippen LogP contribution in [0.2, 0.25) is 0 Å². The first-order chi connectivity index (χ1) is 14.7. The summed E-state index contributed by atoms with van der Waals surface area (Å²) in [5, 5.41) is 3.25. The van der Waals surface area contributed by atoms with E-state index in [1.807, 2.05) is 36.4 Å². The van der Waals surface area contributed by atoms with Crippen LogP contribution in [0.25, 0.3) is 0 Å². The maximum Gasteiger partial charge on any atom is 0.233 e. The Morgan fingerprint density at radius 2 is 1.97 bits per heavy atom. The van der Waals surface area contributed by atoms with Gasteiger partial charge in [-0.1, -0.05) is 36.1 Å². The van der Waals surface area contributed by atoms with Crippen LogP contribution < -0.4 is 15.8 Å². The number of aromatic nitrogens is 3. The molecule has 2 heterocycles. The third-order valence-corrected chi connectivity index (χ3v) is 4.21. The van der Waals surface area contributed by atoms with Crippen molar-refractivity contribution in [3.63, 3.8) is 0 Å². The van der Waals surface area contributed by atoms with Gasteiger partial charge in [0.1, 0.15) is 11.5 Å². The SMILES string of the molecule is Nc1ncccc1NCc1cccc(CC(=O)c2cnc(OCC#CCCl)cn2)c1. The minimum Gasteiger partial charge on any atom is -0.463 e. The fraction of sp³-hybridized carbons (Fsp3) is 0.182. The number of alkyl halides is 1. The molecule has 0 amide bonds. The van der Waals surface area contributed by atoms with E-state index in [1.54, 1.807) is 6.20 Å². The van der Waals surface area contributed by atoms with Crippen LogP contribution in [0.5, 0.6) is 5.88 Å². The number of ether oxygens (including phenoxy) is 1. The fourth-order valence-electron chi connectivity index (χ4n) is 2.63. The van der Waals surface area contributed by atoms with Gasteiger partial charge >= 0.3 is 0 Å². The van der Waals surface area contributed by atoms with E-state index < -0.39 is 0 Å². The standard InChI is InChI=1S/C22H20ClN5O2/c23-8-1-2-10-30-21-15-27-19(14-28-21)20(29)12-16-5-3-6-17(11-16)13-26-18-7-4-9-25-22(18)24/h3-7,9,11,14-15,26H,8,10,12-13H2,(H2,24,25). The van der Waals surface area contributed by atoms with Gasteiger partial charge in [0.25, 0.3) is 0 Å². The predicted molar refractivity (Wildman–Crippen MR) is 116 cm³/mol. The largest absolute Gasteiger partial charge is 0.463 e. The van der Waals surface area contributed by atoms with E-state index in [0.717, 1.165) is 16.8 Å². The van der Waals surface area contributed by atoms with Crippen molar-refractivity contribution >= 4 is 28.9 Å². The number of nitrogens with two attached hydrogens (primary N) is 1. The second-order valence-corrected chi connectivity index (χ2v) is 6.49. The van der Waals surface area contributed by atoms with E-state index >= 15 is 0 Å². The second-order valence-electron chi connectivity index (χ2n) is 6.23. The lowest BCUT2D eigenvalue weighted by Gasteiger charge is -2.09. The number of hydrogen-bond donors (Lipinski definition) is 2. The molecule has 3 N–H and O–H groups in total. The van der Waals surface area contributed by atoms with Crippen LogP contribution in [-0.2, 0) is 13.0 Å². The molecule has 0 unspecified atom stereocenters. The first-order valence-corrected chi connectivity index (χ1v) is 9.71. The quantitative estimate of drug-likeness (QED) is 0.327. The molecule has 0 saturated carbocycles. The lowest BCUT2D eigenvalue weighted by atomic mass is 10.0. The van der Waals surface area contributed by atoms with E-state index in [4.69, 9.17) is 22.1 Å². The van der Waals surface area contributed by atoms with Gasteiger partial charge in [0.15, 0.2) is 12.4 Å². The average Bonchev–Trinajstić information content (AvgIpc) is 2.77. The zero-order valence-electron chi connectivity index (χ0n) is 16.1. The highest BCUT2D eigenvalue weighted by atomic mass is 35.5. The molecular weight excluding hydrogens is 402 g/mol. The fourth-order valence-corrected chi connectivity index (χ4v) is 2.73. The van der Waals surface area contributed by atoms with Gasteiger partial charge in [-0.2, -0.15) is 0 Å². The molecule has 152 valence electrons. The Labute approximate surface area is 179 Å². The highest BCUT2D eigenvalue weighted by Gasteiger charge is 2.10. The van der Waals surface area contributed by atoms with Crippen molar-refractivity contribution in [1.29, 1.82) is 0 Å². The number of nitrogens with zero attached hydrogens (tertiary/aromatic N) is 3. The Morgan fingerprint density at radius 1 is 1.10 bits per heavy atom. The lowest BCUT2D eigenvalue weighted by molar-refractivity contribution is 0.0987. The van der Waals surface area contributed by atoms with Crippen molar-refractivity contribution in [2.75, 3.05) is 23.5 Å². The molecule has 3 rings (SSSR count). The average molecular weight is 422 g/mol. The van der Waals surface area contributed by atoms with Crippen LogP contribution in [0.15, 0.2) is 55.0 Å². The molecule has 3 aromatic rings. The second kappa shape index (κ2) is 10.8. The van der Waals surface area contributed by atoms with E-state index in [1.165, 1.54) is 12.4 Å². The third-order valence-electron chi connectivity index (χ3n) is 4.08. The van der Waals surface area contributed by atoms with Crippen molar-refractivity contribution in [3.05, 3.63) is 71.8 Å². The molecular formula is C22H20ClN5O2. The molecule has 0 spiro atoms. The summed E-state index contributed by atoms with van der Waals surface area (Å²) in [5.74, 6) is 6.27. The summed E-state index contributed by atoms with van der Waals surface area (Å²) >= 11 is 5.46. The van der Waals surface area contributed by atoms with Gasteiger partial charge in [0.05, 0.1) is 24.0 Å². The van der Waals surface area contributed by atoms with Crippen LogP contribution in [-0.4, -0.2) is 33.2 Å². The van der Waals surface area contributed by atoms with Gasteiger partial charge in [0, 0.05) is 19.2 Å². The molecule has 30 heavy (non-hydrogen) atoms. The molecule has 0 atom stereocenters. The van der Waals surface area contributed by atoms with Crippen LogP contribution >= 0.6 is 11.6 Å². The van der Waals surface area contributed by atoms with Crippen molar-refractivity contribution in [1.82, 2.24) is 15.0 Å². The van der Waals surface area contributed by atoms with Crippen LogP contribution in [0.4, 0.5) is 11.5 Å². The van der Waals surface area contributed by atoms with E-state index in [9.17, 15) is 4.79 Å². The monoisotopic (exact) mass is 421 g/mol. The molecule has 7 nitrogen and oxygen atoms in total. The third kappa shape index (κ3) is 6.19. The Balaban J connectivity index is 1.57. The summed E-state index contributed by atoms with van der Waals surface area (Å²) < 4.78 is 5.31.